The molecule has 0 saturated carbocycles. The Morgan fingerprint density at radius 1 is 1.37 bits per heavy atom. The predicted molar refractivity (Wildman–Crippen MR) is 82.5 cm³/mol. The molecular weight excluding hydrogens is 304 g/mol. The molecule has 0 unspecified atom stereocenters. The van der Waals surface area contributed by atoms with Crippen molar-refractivity contribution in [1.29, 1.82) is 0 Å². The molecule has 0 radical (unpaired) electrons. The summed E-state index contributed by atoms with van der Waals surface area (Å²) in [7, 11) is 0. The van der Waals surface area contributed by atoms with Gasteiger partial charge in [0.1, 0.15) is 5.75 Å². The lowest BCUT2D eigenvalue weighted by molar-refractivity contribution is 0.160. The molecule has 0 bridgehead atoms. The standard InChI is InChI=1S/C15H23BrN2O/c1-2-3-4-14(18-9-7-17-8-10-18)13-6-5-12(16)11-15(13)19/h5-6,11,14,17,19H,2-4,7-10H2,1H3/t14-/m0/s1. The van der Waals surface area contributed by atoms with Crippen LogP contribution in [0.3, 0.4) is 0 Å². The van der Waals surface area contributed by atoms with Crippen LogP contribution in [0.2, 0.25) is 0 Å². The van der Waals surface area contributed by atoms with Gasteiger partial charge in [-0.05, 0) is 18.6 Å². The van der Waals surface area contributed by atoms with Gasteiger partial charge in [-0.25, -0.2) is 0 Å². The van der Waals surface area contributed by atoms with Gasteiger partial charge in [0, 0.05) is 42.3 Å². The molecule has 2 rings (SSSR count). The van der Waals surface area contributed by atoms with Crippen LogP contribution in [0.15, 0.2) is 22.7 Å². The number of nitrogens with zero attached hydrogens (tertiary/aromatic N) is 1. The highest BCUT2D eigenvalue weighted by Gasteiger charge is 2.23. The Kier molecular flexibility index (Phi) is 5.67. The number of nitrogens with one attached hydrogen (secondary N) is 1. The molecule has 1 atom stereocenters. The number of aromatic hydroxyl groups is 1. The number of rotatable bonds is 5. The smallest absolute Gasteiger partial charge is 0.121 e. The first kappa shape index (κ1) is 14.8. The topological polar surface area (TPSA) is 35.5 Å². The van der Waals surface area contributed by atoms with E-state index in [0.29, 0.717) is 11.8 Å². The third-order valence-electron chi connectivity index (χ3n) is 3.77. The van der Waals surface area contributed by atoms with Gasteiger partial charge in [0.05, 0.1) is 0 Å². The Bertz CT molecular complexity index is 405. The summed E-state index contributed by atoms with van der Waals surface area (Å²) in [4.78, 5) is 2.50. The number of benzene rings is 1. The van der Waals surface area contributed by atoms with Gasteiger partial charge >= 0.3 is 0 Å². The molecule has 106 valence electrons. The normalized spacial score (nSPS) is 18.4. The Morgan fingerprint density at radius 2 is 2.11 bits per heavy atom. The average Bonchev–Trinajstić information content (AvgIpc) is 2.42. The van der Waals surface area contributed by atoms with Crippen molar-refractivity contribution in [3.63, 3.8) is 0 Å². The molecule has 1 saturated heterocycles. The van der Waals surface area contributed by atoms with Crippen LogP contribution in [0.25, 0.3) is 0 Å². The lowest BCUT2D eigenvalue weighted by atomic mass is 9.98. The number of phenolic OH excluding ortho intramolecular Hbond substituents is 1. The molecule has 0 amide bonds. The van der Waals surface area contributed by atoms with Crippen molar-refractivity contribution in [3.8, 4) is 5.75 Å². The predicted octanol–water partition coefficient (Wildman–Crippen LogP) is 3.29. The summed E-state index contributed by atoms with van der Waals surface area (Å²) < 4.78 is 0.934. The quantitative estimate of drug-likeness (QED) is 0.871. The van der Waals surface area contributed by atoms with E-state index in [-0.39, 0.29) is 0 Å². The molecule has 1 heterocycles. The fraction of sp³-hybridized carbons (Fsp3) is 0.600. The van der Waals surface area contributed by atoms with Gasteiger partial charge in [-0.1, -0.05) is 41.8 Å². The first-order valence-electron chi connectivity index (χ1n) is 7.15. The van der Waals surface area contributed by atoms with Crippen LogP contribution in [0.1, 0.15) is 37.8 Å². The molecule has 4 heteroatoms. The van der Waals surface area contributed by atoms with Crippen molar-refractivity contribution in [1.82, 2.24) is 10.2 Å². The molecule has 1 aromatic carbocycles. The molecule has 1 aliphatic rings. The molecule has 1 aromatic rings. The number of phenols is 1. The van der Waals surface area contributed by atoms with Gasteiger partial charge in [-0.3, -0.25) is 4.90 Å². The van der Waals surface area contributed by atoms with Crippen molar-refractivity contribution < 1.29 is 5.11 Å². The second-order valence-electron chi connectivity index (χ2n) is 5.15. The summed E-state index contributed by atoms with van der Waals surface area (Å²) in [5.74, 6) is 0.411. The van der Waals surface area contributed by atoms with Gasteiger partial charge < -0.3 is 10.4 Å². The minimum absolute atomic E-state index is 0.343. The molecule has 0 aliphatic carbocycles. The van der Waals surface area contributed by atoms with E-state index in [4.69, 9.17) is 0 Å². The fourth-order valence-corrected chi connectivity index (χ4v) is 3.07. The van der Waals surface area contributed by atoms with E-state index < -0.39 is 0 Å². The van der Waals surface area contributed by atoms with Crippen LogP contribution in [0, 0.1) is 0 Å². The maximum Gasteiger partial charge on any atom is 0.121 e. The largest absolute Gasteiger partial charge is 0.508 e. The third-order valence-corrected chi connectivity index (χ3v) is 4.27. The summed E-state index contributed by atoms with van der Waals surface area (Å²) in [6.07, 6.45) is 3.51. The minimum Gasteiger partial charge on any atom is -0.508 e. The average molecular weight is 327 g/mol. The lowest BCUT2D eigenvalue weighted by Crippen LogP contribution is -2.45. The van der Waals surface area contributed by atoms with Crippen molar-refractivity contribution in [2.24, 2.45) is 0 Å². The van der Waals surface area contributed by atoms with Crippen LogP contribution in [-0.4, -0.2) is 36.2 Å². The van der Waals surface area contributed by atoms with Crippen LogP contribution < -0.4 is 5.32 Å². The molecule has 0 aromatic heterocycles. The van der Waals surface area contributed by atoms with Gasteiger partial charge in [0.2, 0.25) is 0 Å². The Hall–Kier alpha value is -0.580. The third kappa shape index (κ3) is 3.94. The number of unbranched alkanes of at least 4 members (excludes halogenated alkanes) is 1. The molecule has 3 nitrogen and oxygen atoms in total. The van der Waals surface area contributed by atoms with Gasteiger partial charge in [0.15, 0.2) is 0 Å². The maximum absolute atomic E-state index is 10.2. The zero-order chi connectivity index (χ0) is 13.7. The Morgan fingerprint density at radius 3 is 2.74 bits per heavy atom. The first-order valence-corrected chi connectivity index (χ1v) is 7.95. The van der Waals surface area contributed by atoms with Crippen molar-refractivity contribution in [2.75, 3.05) is 26.2 Å². The van der Waals surface area contributed by atoms with E-state index in [1.165, 1.54) is 12.8 Å². The monoisotopic (exact) mass is 326 g/mol. The van der Waals surface area contributed by atoms with E-state index in [1.54, 1.807) is 6.07 Å². The second-order valence-corrected chi connectivity index (χ2v) is 6.06. The summed E-state index contributed by atoms with van der Waals surface area (Å²) >= 11 is 3.41. The number of hydrogen-bond donors (Lipinski definition) is 2. The summed E-state index contributed by atoms with van der Waals surface area (Å²) in [6, 6.07) is 6.23. The SMILES string of the molecule is CCCC[C@@H](c1ccc(Br)cc1O)N1CCNCC1. The molecule has 19 heavy (non-hydrogen) atoms. The summed E-state index contributed by atoms with van der Waals surface area (Å²) in [5.41, 5.74) is 1.07. The van der Waals surface area contributed by atoms with Crippen LogP contribution >= 0.6 is 15.9 Å². The number of hydrogen-bond acceptors (Lipinski definition) is 3. The summed E-state index contributed by atoms with van der Waals surface area (Å²) in [6.45, 7) is 6.42. The zero-order valence-corrected chi connectivity index (χ0v) is 13.1. The second kappa shape index (κ2) is 7.27. The van der Waals surface area contributed by atoms with Crippen LogP contribution in [0.4, 0.5) is 0 Å². The van der Waals surface area contributed by atoms with E-state index >= 15 is 0 Å². The lowest BCUT2D eigenvalue weighted by Gasteiger charge is -2.35. The minimum atomic E-state index is 0.343. The van der Waals surface area contributed by atoms with E-state index in [9.17, 15) is 5.11 Å². The van der Waals surface area contributed by atoms with Gasteiger partial charge in [-0.2, -0.15) is 0 Å². The molecular formula is C15H23BrN2O. The molecule has 1 aliphatic heterocycles. The van der Waals surface area contributed by atoms with Crippen molar-refractivity contribution in [2.45, 2.75) is 32.2 Å². The number of piperazine rings is 1. The molecule has 2 N–H and O–H groups in total. The van der Waals surface area contributed by atoms with Crippen LogP contribution in [-0.2, 0) is 0 Å². The Balaban J connectivity index is 2.19. The van der Waals surface area contributed by atoms with Crippen molar-refractivity contribution >= 4 is 15.9 Å². The fourth-order valence-electron chi connectivity index (χ4n) is 2.72. The molecule has 1 fully saturated rings. The Labute approximate surface area is 124 Å². The maximum atomic E-state index is 10.2. The van der Waals surface area contributed by atoms with E-state index in [1.807, 2.05) is 6.07 Å². The van der Waals surface area contributed by atoms with Crippen LogP contribution in [0.5, 0.6) is 5.75 Å². The van der Waals surface area contributed by atoms with Crippen molar-refractivity contribution in [3.05, 3.63) is 28.2 Å². The highest BCUT2D eigenvalue weighted by atomic mass is 79.9. The van der Waals surface area contributed by atoms with E-state index in [0.717, 1.165) is 42.6 Å². The highest BCUT2D eigenvalue weighted by molar-refractivity contribution is 9.10. The van der Waals surface area contributed by atoms with Gasteiger partial charge in [0.25, 0.3) is 0 Å². The first-order chi connectivity index (χ1) is 9.22. The summed E-state index contributed by atoms with van der Waals surface area (Å²) in [5, 5.41) is 13.6. The zero-order valence-electron chi connectivity index (χ0n) is 11.5. The molecule has 0 spiro atoms. The van der Waals surface area contributed by atoms with E-state index in [2.05, 4.69) is 39.1 Å². The van der Waals surface area contributed by atoms with Gasteiger partial charge in [-0.15, -0.1) is 0 Å². The highest BCUT2D eigenvalue weighted by Crippen LogP contribution is 2.34. The number of halogens is 1.